The summed E-state index contributed by atoms with van der Waals surface area (Å²) in [5.41, 5.74) is 0.880. The molecule has 7 nitrogen and oxygen atoms in total. The summed E-state index contributed by atoms with van der Waals surface area (Å²) < 4.78 is 5.56. The van der Waals surface area contributed by atoms with E-state index < -0.39 is 0 Å². The maximum Gasteiger partial charge on any atom is 0.257 e. The maximum absolute atomic E-state index is 13.0. The van der Waals surface area contributed by atoms with E-state index >= 15 is 0 Å². The van der Waals surface area contributed by atoms with E-state index in [1.54, 1.807) is 17.6 Å². The zero-order valence-electron chi connectivity index (χ0n) is 16.4. The highest BCUT2D eigenvalue weighted by molar-refractivity contribution is 7.12. The number of nitrogens with zero attached hydrogens (tertiary/aromatic N) is 3. The maximum atomic E-state index is 13.0. The Morgan fingerprint density at radius 1 is 1.36 bits per heavy atom. The number of carbonyl (C=O) groups excluding carboxylic acids is 2. The van der Waals surface area contributed by atoms with Crippen LogP contribution in [0.5, 0.6) is 0 Å². The summed E-state index contributed by atoms with van der Waals surface area (Å²) in [6.07, 6.45) is 2.22. The Bertz CT molecular complexity index is 815. The van der Waals surface area contributed by atoms with E-state index in [0.717, 1.165) is 10.6 Å². The SMILES string of the molecule is CCN(CC(=O)NC(C)C)CC(=O)N1N=C(c2cccs2)CC1c1ccco1. The number of carbonyl (C=O) groups is 2. The lowest BCUT2D eigenvalue weighted by atomic mass is 10.1. The normalized spacial score (nSPS) is 16.7. The highest BCUT2D eigenvalue weighted by atomic mass is 32.1. The van der Waals surface area contributed by atoms with Crippen molar-refractivity contribution in [1.82, 2.24) is 15.2 Å². The van der Waals surface area contributed by atoms with Crippen molar-refractivity contribution in [3.05, 3.63) is 46.5 Å². The summed E-state index contributed by atoms with van der Waals surface area (Å²) in [6.45, 7) is 6.67. The minimum absolute atomic E-state index is 0.0711. The largest absolute Gasteiger partial charge is 0.467 e. The summed E-state index contributed by atoms with van der Waals surface area (Å²) in [4.78, 5) is 28.0. The molecule has 3 heterocycles. The van der Waals surface area contributed by atoms with E-state index in [4.69, 9.17) is 4.42 Å². The number of furan rings is 1. The molecule has 8 heteroatoms. The smallest absolute Gasteiger partial charge is 0.257 e. The van der Waals surface area contributed by atoms with Gasteiger partial charge in [0, 0.05) is 12.5 Å². The first-order chi connectivity index (χ1) is 13.5. The molecule has 0 saturated carbocycles. The predicted molar refractivity (Wildman–Crippen MR) is 109 cm³/mol. The van der Waals surface area contributed by atoms with Crippen molar-refractivity contribution in [1.29, 1.82) is 0 Å². The van der Waals surface area contributed by atoms with Crippen LogP contribution in [0.3, 0.4) is 0 Å². The highest BCUT2D eigenvalue weighted by Gasteiger charge is 2.35. The van der Waals surface area contributed by atoms with Gasteiger partial charge in [-0.2, -0.15) is 5.10 Å². The van der Waals surface area contributed by atoms with Gasteiger partial charge in [0.05, 0.1) is 29.9 Å². The number of thiophene rings is 1. The molecule has 2 amide bonds. The molecule has 0 spiro atoms. The van der Waals surface area contributed by atoms with Gasteiger partial charge in [-0.15, -0.1) is 11.3 Å². The van der Waals surface area contributed by atoms with Crippen molar-refractivity contribution >= 4 is 28.9 Å². The van der Waals surface area contributed by atoms with Crippen molar-refractivity contribution in [2.45, 2.75) is 39.3 Å². The van der Waals surface area contributed by atoms with Gasteiger partial charge in [0.15, 0.2) is 0 Å². The second kappa shape index (κ2) is 9.16. The number of amides is 2. The lowest BCUT2D eigenvalue weighted by Crippen LogP contribution is -2.44. The number of hydrogen-bond donors (Lipinski definition) is 1. The predicted octanol–water partition coefficient (Wildman–Crippen LogP) is 2.87. The standard InChI is InChI=1S/C20H26N4O3S/c1-4-23(12-19(25)21-14(2)3)13-20(26)24-16(17-7-5-9-27-17)11-15(22-24)18-8-6-10-28-18/h5-10,14,16H,4,11-13H2,1-3H3,(H,21,25). The number of hydrazone groups is 1. The van der Waals surface area contributed by atoms with Crippen molar-refractivity contribution in [2.24, 2.45) is 5.10 Å². The topological polar surface area (TPSA) is 78.2 Å². The zero-order valence-corrected chi connectivity index (χ0v) is 17.2. The lowest BCUT2D eigenvalue weighted by Gasteiger charge is -2.25. The fraction of sp³-hybridized carbons (Fsp3) is 0.450. The first-order valence-corrected chi connectivity index (χ1v) is 10.3. The molecule has 2 aromatic heterocycles. The van der Waals surface area contributed by atoms with Gasteiger partial charge in [0.2, 0.25) is 5.91 Å². The Labute approximate surface area is 169 Å². The van der Waals surface area contributed by atoms with Crippen LogP contribution < -0.4 is 5.32 Å². The molecule has 1 N–H and O–H groups in total. The van der Waals surface area contributed by atoms with Crippen molar-refractivity contribution in [2.75, 3.05) is 19.6 Å². The van der Waals surface area contributed by atoms with Gasteiger partial charge in [-0.05, 0) is 44.0 Å². The molecule has 2 aromatic rings. The van der Waals surface area contributed by atoms with E-state index in [1.807, 2.05) is 55.3 Å². The fourth-order valence-electron chi connectivity index (χ4n) is 3.15. The Morgan fingerprint density at radius 2 is 2.18 bits per heavy atom. The molecule has 0 radical (unpaired) electrons. The van der Waals surface area contributed by atoms with Gasteiger partial charge < -0.3 is 9.73 Å². The second-order valence-electron chi connectivity index (χ2n) is 7.02. The molecule has 28 heavy (non-hydrogen) atoms. The molecule has 0 saturated heterocycles. The molecular formula is C20H26N4O3S. The monoisotopic (exact) mass is 402 g/mol. The molecule has 1 unspecified atom stereocenters. The molecular weight excluding hydrogens is 376 g/mol. The van der Waals surface area contributed by atoms with Crippen LogP contribution in [0.4, 0.5) is 0 Å². The molecule has 1 aliphatic rings. The average molecular weight is 403 g/mol. The first-order valence-electron chi connectivity index (χ1n) is 9.46. The van der Waals surface area contributed by atoms with Crippen LogP contribution in [0.25, 0.3) is 0 Å². The van der Waals surface area contributed by atoms with Gasteiger partial charge in [-0.25, -0.2) is 5.01 Å². The van der Waals surface area contributed by atoms with Gasteiger partial charge in [0.25, 0.3) is 5.91 Å². The molecule has 3 rings (SSSR count). The van der Waals surface area contributed by atoms with E-state index in [9.17, 15) is 9.59 Å². The Hall–Kier alpha value is -2.45. The highest BCUT2D eigenvalue weighted by Crippen LogP contribution is 2.34. The van der Waals surface area contributed by atoms with E-state index in [1.165, 1.54) is 5.01 Å². The minimum Gasteiger partial charge on any atom is -0.467 e. The molecule has 150 valence electrons. The first kappa shape index (κ1) is 20.3. The van der Waals surface area contributed by atoms with Crippen LogP contribution in [0, 0.1) is 0 Å². The number of hydrogen-bond acceptors (Lipinski definition) is 6. The van der Waals surface area contributed by atoms with Crippen LogP contribution >= 0.6 is 11.3 Å². The Kier molecular flexibility index (Phi) is 6.64. The summed E-state index contributed by atoms with van der Waals surface area (Å²) in [6, 6.07) is 7.47. The van der Waals surface area contributed by atoms with E-state index in [-0.39, 0.29) is 37.0 Å². The van der Waals surface area contributed by atoms with Gasteiger partial charge in [-0.3, -0.25) is 14.5 Å². The Morgan fingerprint density at radius 3 is 2.79 bits per heavy atom. The lowest BCUT2D eigenvalue weighted by molar-refractivity contribution is -0.135. The molecule has 1 aliphatic heterocycles. The fourth-order valence-corrected chi connectivity index (χ4v) is 3.87. The van der Waals surface area contributed by atoms with Crippen LogP contribution in [0.2, 0.25) is 0 Å². The minimum atomic E-state index is -0.261. The van der Waals surface area contributed by atoms with Crippen molar-refractivity contribution < 1.29 is 14.0 Å². The summed E-state index contributed by atoms with van der Waals surface area (Å²) in [5.74, 6) is 0.479. The molecule has 1 atom stereocenters. The van der Waals surface area contributed by atoms with Gasteiger partial charge >= 0.3 is 0 Å². The van der Waals surface area contributed by atoms with Crippen molar-refractivity contribution in [3.63, 3.8) is 0 Å². The molecule has 0 aliphatic carbocycles. The zero-order chi connectivity index (χ0) is 20.1. The van der Waals surface area contributed by atoms with Crippen LogP contribution in [-0.2, 0) is 9.59 Å². The van der Waals surface area contributed by atoms with Crippen molar-refractivity contribution in [3.8, 4) is 0 Å². The summed E-state index contributed by atoms with van der Waals surface area (Å²) in [5, 5.41) is 11.0. The van der Waals surface area contributed by atoms with Crippen LogP contribution in [-0.4, -0.2) is 53.1 Å². The third-order valence-electron chi connectivity index (χ3n) is 4.47. The molecule has 0 aromatic carbocycles. The second-order valence-corrected chi connectivity index (χ2v) is 7.97. The van der Waals surface area contributed by atoms with Gasteiger partial charge in [0.1, 0.15) is 11.8 Å². The third kappa shape index (κ3) is 4.88. The van der Waals surface area contributed by atoms with Crippen LogP contribution in [0.15, 0.2) is 45.4 Å². The van der Waals surface area contributed by atoms with E-state index in [0.29, 0.717) is 18.7 Å². The van der Waals surface area contributed by atoms with Gasteiger partial charge in [-0.1, -0.05) is 13.0 Å². The molecule has 0 fully saturated rings. The van der Waals surface area contributed by atoms with E-state index in [2.05, 4.69) is 10.4 Å². The number of rotatable bonds is 8. The third-order valence-corrected chi connectivity index (χ3v) is 5.38. The molecule has 0 bridgehead atoms. The quantitative estimate of drug-likeness (QED) is 0.736. The Balaban J connectivity index is 1.73. The van der Waals surface area contributed by atoms with Crippen LogP contribution in [0.1, 0.15) is 43.9 Å². The summed E-state index contributed by atoms with van der Waals surface area (Å²) in [7, 11) is 0. The summed E-state index contributed by atoms with van der Waals surface area (Å²) >= 11 is 1.60. The average Bonchev–Trinajstić information content (AvgIpc) is 3.40. The number of nitrogens with one attached hydrogen (secondary N) is 1. The number of likely N-dealkylation sites (N-methyl/N-ethyl adjacent to an activating group) is 1.